The molecule has 2 aromatic rings. The number of hydrogen-bond donors (Lipinski definition) is 2. The number of carbonyl (C=O) groups excluding carboxylic acids is 1. The molecule has 5 nitrogen and oxygen atoms in total. The highest BCUT2D eigenvalue weighted by atomic mass is 35.5. The molecule has 18 heavy (non-hydrogen) atoms. The van der Waals surface area contributed by atoms with Crippen LogP contribution in [0.5, 0.6) is 0 Å². The van der Waals surface area contributed by atoms with Crippen LogP contribution in [0.2, 0.25) is 5.02 Å². The summed E-state index contributed by atoms with van der Waals surface area (Å²) in [6, 6.07) is 3.16. The first-order chi connectivity index (χ1) is 8.61. The first-order valence-corrected chi connectivity index (χ1v) is 6.27. The summed E-state index contributed by atoms with van der Waals surface area (Å²) in [5.74, 6) is -0.296. The smallest absolute Gasteiger partial charge is 0.267 e. The zero-order valence-corrected chi connectivity index (χ0v) is 10.5. The van der Waals surface area contributed by atoms with Crippen LogP contribution in [-0.2, 0) is 0 Å². The Hall–Kier alpha value is -1.92. The Morgan fingerprint density at radius 3 is 2.78 bits per heavy atom. The Labute approximate surface area is 111 Å². The standard InChI is InChI=1S/C11H7ClN4OS/c12-5-1-2-6(13)9-8(5)10(14)16(11(9)17)7-3-15-4-18-7/h1-4,14H,13H2. The van der Waals surface area contributed by atoms with Crippen molar-refractivity contribution < 1.29 is 4.79 Å². The van der Waals surface area contributed by atoms with E-state index in [1.54, 1.807) is 17.6 Å². The van der Waals surface area contributed by atoms with Gasteiger partial charge in [-0.1, -0.05) is 11.6 Å². The van der Waals surface area contributed by atoms with Crippen LogP contribution < -0.4 is 10.6 Å². The molecule has 1 aliphatic heterocycles. The summed E-state index contributed by atoms with van der Waals surface area (Å²) in [6.45, 7) is 0. The van der Waals surface area contributed by atoms with Gasteiger partial charge in [-0.3, -0.25) is 15.2 Å². The molecule has 0 bridgehead atoms. The number of nitrogen functional groups attached to an aromatic ring is 1. The molecule has 0 saturated carbocycles. The monoisotopic (exact) mass is 278 g/mol. The molecule has 90 valence electrons. The lowest BCUT2D eigenvalue weighted by molar-refractivity contribution is 0.101. The van der Waals surface area contributed by atoms with E-state index < -0.39 is 0 Å². The zero-order chi connectivity index (χ0) is 12.9. The third-order valence-electron chi connectivity index (χ3n) is 2.70. The summed E-state index contributed by atoms with van der Waals surface area (Å²) in [4.78, 5) is 17.5. The molecule has 0 radical (unpaired) electrons. The van der Waals surface area contributed by atoms with E-state index in [9.17, 15) is 4.79 Å². The molecule has 0 saturated heterocycles. The Morgan fingerprint density at radius 2 is 2.17 bits per heavy atom. The van der Waals surface area contributed by atoms with Crippen molar-refractivity contribution in [2.24, 2.45) is 0 Å². The van der Waals surface area contributed by atoms with E-state index in [-0.39, 0.29) is 11.7 Å². The highest BCUT2D eigenvalue weighted by Crippen LogP contribution is 2.36. The SMILES string of the molecule is N=C1c2c(Cl)ccc(N)c2C(=O)N1c1cncs1. The van der Waals surface area contributed by atoms with Crippen molar-refractivity contribution >= 4 is 45.4 Å². The van der Waals surface area contributed by atoms with Gasteiger partial charge in [-0.15, -0.1) is 11.3 Å². The second-order valence-corrected chi connectivity index (χ2v) is 4.99. The number of carbonyl (C=O) groups is 1. The van der Waals surface area contributed by atoms with Crippen molar-refractivity contribution in [2.45, 2.75) is 0 Å². The molecule has 1 aliphatic rings. The van der Waals surface area contributed by atoms with Gasteiger partial charge in [0.05, 0.1) is 27.9 Å². The van der Waals surface area contributed by atoms with Gasteiger partial charge in [0, 0.05) is 5.69 Å². The number of halogens is 1. The lowest BCUT2D eigenvalue weighted by Crippen LogP contribution is -2.28. The second kappa shape index (κ2) is 3.79. The topological polar surface area (TPSA) is 83.1 Å². The van der Waals surface area contributed by atoms with Gasteiger partial charge < -0.3 is 5.73 Å². The van der Waals surface area contributed by atoms with Gasteiger partial charge in [0.2, 0.25) is 0 Å². The minimum Gasteiger partial charge on any atom is -0.398 e. The molecule has 1 aromatic heterocycles. The minimum atomic E-state index is -0.334. The van der Waals surface area contributed by atoms with Crippen LogP contribution in [0.4, 0.5) is 10.7 Å². The van der Waals surface area contributed by atoms with Crippen molar-refractivity contribution in [1.82, 2.24) is 4.98 Å². The number of anilines is 2. The van der Waals surface area contributed by atoms with E-state index in [1.807, 2.05) is 0 Å². The summed E-state index contributed by atoms with van der Waals surface area (Å²) in [7, 11) is 0. The Bertz CT molecular complexity index is 627. The van der Waals surface area contributed by atoms with Crippen molar-refractivity contribution in [1.29, 1.82) is 5.41 Å². The van der Waals surface area contributed by atoms with Crippen molar-refractivity contribution in [2.75, 3.05) is 10.6 Å². The van der Waals surface area contributed by atoms with Crippen LogP contribution in [0.3, 0.4) is 0 Å². The number of nitrogens with one attached hydrogen (secondary N) is 1. The maximum atomic E-state index is 12.3. The van der Waals surface area contributed by atoms with Crippen molar-refractivity contribution in [3.8, 4) is 0 Å². The first-order valence-electron chi connectivity index (χ1n) is 5.01. The van der Waals surface area contributed by atoms with Crippen molar-refractivity contribution in [3.05, 3.63) is 40.0 Å². The fourth-order valence-corrected chi connectivity index (χ4v) is 2.79. The lowest BCUT2D eigenvalue weighted by atomic mass is 10.1. The average molecular weight is 279 g/mol. The predicted molar refractivity (Wildman–Crippen MR) is 71.6 cm³/mol. The van der Waals surface area contributed by atoms with Crippen LogP contribution in [0, 0.1) is 5.41 Å². The predicted octanol–water partition coefficient (Wildman–Crippen LogP) is 2.36. The Balaban J connectivity index is 2.23. The quantitative estimate of drug-likeness (QED) is 0.786. The third-order valence-corrected chi connectivity index (χ3v) is 3.78. The maximum Gasteiger partial charge on any atom is 0.267 e. The molecule has 2 heterocycles. The largest absolute Gasteiger partial charge is 0.398 e. The number of rotatable bonds is 1. The number of amidine groups is 1. The number of fused-ring (bicyclic) bond motifs is 1. The van der Waals surface area contributed by atoms with Crippen molar-refractivity contribution in [3.63, 3.8) is 0 Å². The van der Waals surface area contributed by atoms with Crippen LogP contribution in [0.25, 0.3) is 0 Å². The number of nitrogens with two attached hydrogens (primary N) is 1. The summed E-state index contributed by atoms with van der Waals surface area (Å²) in [6.07, 6.45) is 1.53. The van der Waals surface area contributed by atoms with Crippen LogP contribution in [0.1, 0.15) is 15.9 Å². The van der Waals surface area contributed by atoms with Crippen LogP contribution in [-0.4, -0.2) is 16.7 Å². The third kappa shape index (κ3) is 1.36. The van der Waals surface area contributed by atoms with Gasteiger partial charge in [0.1, 0.15) is 10.8 Å². The van der Waals surface area contributed by atoms with Gasteiger partial charge >= 0.3 is 0 Å². The molecular formula is C11H7ClN4OS. The maximum absolute atomic E-state index is 12.3. The van der Waals surface area contributed by atoms with E-state index >= 15 is 0 Å². The molecule has 7 heteroatoms. The Morgan fingerprint density at radius 1 is 1.39 bits per heavy atom. The number of thiazole rings is 1. The van der Waals surface area contributed by atoms with Crippen LogP contribution in [0.15, 0.2) is 23.8 Å². The summed E-state index contributed by atoms with van der Waals surface area (Å²) >= 11 is 7.32. The normalized spacial score (nSPS) is 14.2. The number of hydrogen-bond acceptors (Lipinski definition) is 5. The van der Waals surface area contributed by atoms with E-state index in [0.717, 1.165) is 0 Å². The molecule has 1 aromatic carbocycles. The fourth-order valence-electron chi connectivity index (χ4n) is 1.91. The summed E-state index contributed by atoms with van der Waals surface area (Å²) in [5, 5.41) is 9.01. The summed E-state index contributed by atoms with van der Waals surface area (Å²) in [5.41, 5.74) is 8.40. The van der Waals surface area contributed by atoms with E-state index in [1.165, 1.54) is 22.4 Å². The van der Waals surface area contributed by atoms with Gasteiger partial charge in [-0.2, -0.15) is 0 Å². The van der Waals surface area contributed by atoms with E-state index in [0.29, 0.717) is 26.8 Å². The molecule has 0 fully saturated rings. The lowest BCUT2D eigenvalue weighted by Gasteiger charge is -2.12. The molecule has 0 aliphatic carbocycles. The molecular weight excluding hydrogens is 272 g/mol. The second-order valence-electron chi connectivity index (χ2n) is 3.72. The van der Waals surface area contributed by atoms with E-state index in [2.05, 4.69) is 4.98 Å². The number of benzene rings is 1. The number of nitrogens with zero attached hydrogens (tertiary/aromatic N) is 2. The molecule has 1 amide bonds. The number of amides is 1. The highest BCUT2D eigenvalue weighted by molar-refractivity contribution is 7.14. The fraction of sp³-hybridized carbons (Fsp3) is 0. The minimum absolute atomic E-state index is 0.0385. The molecule has 0 atom stereocenters. The first kappa shape index (κ1) is 11.2. The van der Waals surface area contributed by atoms with E-state index in [4.69, 9.17) is 22.7 Å². The zero-order valence-electron chi connectivity index (χ0n) is 8.98. The average Bonchev–Trinajstić information content (AvgIpc) is 2.92. The summed E-state index contributed by atoms with van der Waals surface area (Å²) < 4.78 is 0. The van der Waals surface area contributed by atoms with Gasteiger partial charge in [0.25, 0.3) is 5.91 Å². The van der Waals surface area contributed by atoms with Gasteiger partial charge in [-0.05, 0) is 12.1 Å². The molecule has 3 rings (SSSR count). The Kier molecular flexibility index (Phi) is 2.36. The van der Waals surface area contributed by atoms with Gasteiger partial charge in [0.15, 0.2) is 0 Å². The molecule has 0 spiro atoms. The van der Waals surface area contributed by atoms with Gasteiger partial charge in [-0.25, -0.2) is 4.90 Å². The van der Waals surface area contributed by atoms with Crippen LogP contribution >= 0.6 is 22.9 Å². The molecule has 0 unspecified atom stereocenters. The molecule has 3 N–H and O–H groups in total. The highest BCUT2D eigenvalue weighted by Gasteiger charge is 2.37. The number of aromatic nitrogens is 1.